The maximum Gasteiger partial charge on any atom is 0.146 e. The fourth-order valence-corrected chi connectivity index (χ4v) is 2.31. The van der Waals surface area contributed by atoms with Crippen LogP contribution < -0.4 is 10.1 Å². The molecule has 1 heterocycles. The molecule has 0 saturated heterocycles. The summed E-state index contributed by atoms with van der Waals surface area (Å²) in [4.78, 5) is 4.10. The van der Waals surface area contributed by atoms with Crippen LogP contribution in [-0.4, -0.2) is 10.5 Å². The number of nitrogens with one attached hydrogen (secondary N) is 1. The number of aromatic nitrogens is 1. The summed E-state index contributed by atoms with van der Waals surface area (Å²) in [5, 5.41) is 4.11. The minimum Gasteiger partial charge on any atom is -0.455 e. The van der Waals surface area contributed by atoms with Gasteiger partial charge in [-0.25, -0.2) is 0 Å². The summed E-state index contributed by atoms with van der Waals surface area (Å²) in [6, 6.07) is 7.53. The second-order valence-corrected chi connectivity index (χ2v) is 7.08. The monoisotopic (exact) mass is 368 g/mol. The lowest BCUT2D eigenvalue weighted by atomic mass is 10.1. The maximum absolute atomic E-state index is 6.31. The third kappa shape index (κ3) is 4.99. The Balaban J connectivity index is 2.25. The van der Waals surface area contributed by atoms with Gasteiger partial charge in [-0.1, -0.05) is 17.7 Å². The molecule has 2 aromatic rings. The molecule has 0 aliphatic carbocycles. The average Bonchev–Trinajstić information content (AvgIpc) is 2.37. The van der Waals surface area contributed by atoms with E-state index in [0.717, 1.165) is 15.8 Å². The lowest BCUT2D eigenvalue weighted by Gasteiger charge is -2.22. The van der Waals surface area contributed by atoms with E-state index in [0.29, 0.717) is 17.3 Å². The van der Waals surface area contributed by atoms with Crippen LogP contribution in [0.4, 0.5) is 0 Å². The van der Waals surface area contributed by atoms with Crippen molar-refractivity contribution in [1.29, 1.82) is 0 Å². The smallest absolute Gasteiger partial charge is 0.146 e. The minimum absolute atomic E-state index is 0.00771. The van der Waals surface area contributed by atoms with Gasteiger partial charge < -0.3 is 10.1 Å². The Morgan fingerprint density at radius 2 is 2.05 bits per heavy atom. The Labute approximate surface area is 138 Å². The standard InChI is InChI=1S/C16H18BrClN2O/c1-16(2,3)20-10-13-14(18)5-4-6-15(13)21-12-7-11(17)8-19-9-12/h4-9,20H,10H2,1-3H3. The van der Waals surface area contributed by atoms with Gasteiger partial charge >= 0.3 is 0 Å². The molecule has 0 amide bonds. The van der Waals surface area contributed by atoms with Crippen LogP contribution in [0, 0.1) is 0 Å². The third-order valence-electron chi connectivity index (χ3n) is 2.78. The average molecular weight is 370 g/mol. The van der Waals surface area contributed by atoms with Gasteiger partial charge in [-0.15, -0.1) is 0 Å². The molecule has 2 rings (SSSR count). The van der Waals surface area contributed by atoms with Crippen molar-refractivity contribution >= 4 is 27.5 Å². The topological polar surface area (TPSA) is 34.1 Å². The van der Waals surface area contributed by atoms with Crippen molar-refractivity contribution in [3.8, 4) is 11.5 Å². The van der Waals surface area contributed by atoms with E-state index in [4.69, 9.17) is 16.3 Å². The van der Waals surface area contributed by atoms with Crippen molar-refractivity contribution in [3.63, 3.8) is 0 Å². The van der Waals surface area contributed by atoms with Gasteiger partial charge in [-0.05, 0) is 54.9 Å². The van der Waals surface area contributed by atoms with Gasteiger partial charge in [0.2, 0.25) is 0 Å². The zero-order chi connectivity index (χ0) is 15.5. The molecule has 3 nitrogen and oxygen atoms in total. The summed E-state index contributed by atoms with van der Waals surface area (Å²) in [6.07, 6.45) is 3.39. The summed E-state index contributed by atoms with van der Waals surface area (Å²) in [5.41, 5.74) is 0.947. The van der Waals surface area contributed by atoms with Gasteiger partial charge in [0.15, 0.2) is 0 Å². The molecule has 0 unspecified atom stereocenters. The third-order valence-corrected chi connectivity index (χ3v) is 3.57. The number of ether oxygens (including phenoxy) is 1. The van der Waals surface area contributed by atoms with Crippen LogP contribution in [0.25, 0.3) is 0 Å². The molecule has 5 heteroatoms. The maximum atomic E-state index is 6.31. The Morgan fingerprint density at radius 1 is 1.29 bits per heavy atom. The molecular formula is C16H18BrClN2O. The molecule has 1 aromatic carbocycles. The number of nitrogens with zero attached hydrogens (tertiary/aromatic N) is 1. The SMILES string of the molecule is CC(C)(C)NCc1c(Cl)cccc1Oc1cncc(Br)c1. The second-order valence-electron chi connectivity index (χ2n) is 5.76. The molecule has 0 radical (unpaired) electrons. The van der Waals surface area contributed by atoms with E-state index in [1.54, 1.807) is 12.4 Å². The Kier molecular flexibility index (Phi) is 5.25. The highest BCUT2D eigenvalue weighted by Crippen LogP contribution is 2.31. The number of pyridine rings is 1. The van der Waals surface area contributed by atoms with Crippen LogP contribution in [0.15, 0.2) is 41.1 Å². The van der Waals surface area contributed by atoms with Crippen molar-refractivity contribution in [2.24, 2.45) is 0 Å². The number of rotatable bonds is 4. The number of halogens is 2. The molecule has 0 saturated carbocycles. The van der Waals surface area contributed by atoms with E-state index in [9.17, 15) is 0 Å². The van der Waals surface area contributed by atoms with Gasteiger partial charge in [0, 0.05) is 33.3 Å². The van der Waals surface area contributed by atoms with Crippen LogP contribution in [0.5, 0.6) is 11.5 Å². The van der Waals surface area contributed by atoms with Crippen LogP contribution in [0.3, 0.4) is 0 Å². The molecule has 0 bridgehead atoms. The molecule has 0 fully saturated rings. The van der Waals surface area contributed by atoms with E-state index < -0.39 is 0 Å². The second kappa shape index (κ2) is 6.77. The highest BCUT2D eigenvalue weighted by Gasteiger charge is 2.14. The Morgan fingerprint density at radius 3 is 2.71 bits per heavy atom. The summed E-state index contributed by atoms with van der Waals surface area (Å²) in [5.74, 6) is 1.41. The lowest BCUT2D eigenvalue weighted by molar-refractivity contribution is 0.414. The fourth-order valence-electron chi connectivity index (χ4n) is 1.73. The largest absolute Gasteiger partial charge is 0.455 e. The van der Waals surface area contributed by atoms with E-state index in [1.165, 1.54) is 0 Å². The highest BCUT2D eigenvalue weighted by atomic mass is 79.9. The molecule has 1 aromatic heterocycles. The number of hydrogen-bond acceptors (Lipinski definition) is 3. The minimum atomic E-state index is 0.00771. The predicted octanol–water partition coefficient (Wildman–Crippen LogP) is 5.18. The van der Waals surface area contributed by atoms with Gasteiger partial charge in [-0.3, -0.25) is 4.98 Å². The first-order valence-corrected chi connectivity index (χ1v) is 7.83. The van der Waals surface area contributed by atoms with Crippen molar-refractivity contribution in [2.45, 2.75) is 32.9 Å². The first-order chi connectivity index (χ1) is 9.85. The lowest BCUT2D eigenvalue weighted by Crippen LogP contribution is -2.35. The Hall–Kier alpha value is -1.10. The summed E-state index contributed by atoms with van der Waals surface area (Å²) < 4.78 is 6.79. The summed E-state index contributed by atoms with van der Waals surface area (Å²) in [7, 11) is 0. The van der Waals surface area contributed by atoms with E-state index in [2.05, 4.69) is 47.0 Å². The molecule has 21 heavy (non-hydrogen) atoms. The van der Waals surface area contributed by atoms with Crippen LogP contribution in [0.2, 0.25) is 5.02 Å². The van der Waals surface area contributed by atoms with Gasteiger partial charge in [-0.2, -0.15) is 0 Å². The Bertz CT molecular complexity index is 626. The van der Waals surface area contributed by atoms with Crippen molar-refractivity contribution in [3.05, 3.63) is 51.7 Å². The zero-order valence-electron chi connectivity index (χ0n) is 12.3. The zero-order valence-corrected chi connectivity index (χ0v) is 14.6. The fraction of sp³-hybridized carbons (Fsp3) is 0.312. The predicted molar refractivity (Wildman–Crippen MR) is 90.1 cm³/mol. The molecular weight excluding hydrogens is 352 g/mol. The number of hydrogen-bond donors (Lipinski definition) is 1. The van der Waals surface area contributed by atoms with E-state index in [-0.39, 0.29) is 5.54 Å². The van der Waals surface area contributed by atoms with Crippen LogP contribution >= 0.6 is 27.5 Å². The van der Waals surface area contributed by atoms with E-state index in [1.807, 2.05) is 24.3 Å². The van der Waals surface area contributed by atoms with Gasteiger partial charge in [0.25, 0.3) is 0 Å². The first kappa shape index (κ1) is 16.3. The molecule has 1 N–H and O–H groups in total. The summed E-state index contributed by atoms with van der Waals surface area (Å²) >= 11 is 9.70. The highest BCUT2D eigenvalue weighted by molar-refractivity contribution is 9.10. The van der Waals surface area contributed by atoms with Gasteiger partial charge in [0.05, 0.1) is 6.20 Å². The number of benzene rings is 1. The van der Waals surface area contributed by atoms with Crippen molar-refractivity contribution in [1.82, 2.24) is 10.3 Å². The molecule has 0 aliphatic rings. The summed E-state index contributed by atoms with van der Waals surface area (Å²) in [6.45, 7) is 6.98. The van der Waals surface area contributed by atoms with E-state index >= 15 is 0 Å². The normalized spacial score (nSPS) is 11.5. The van der Waals surface area contributed by atoms with Crippen molar-refractivity contribution in [2.75, 3.05) is 0 Å². The first-order valence-electron chi connectivity index (χ1n) is 6.66. The van der Waals surface area contributed by atoms with Crippen molar-refractivity contribution < 1.29 is 4.74 Å². The molecule has 0 spiro atoms. The molecule has 0 aliphatic heterocycles. The van der Waals surface area contributed by atoms with Crippen LogP contribution in [-0.2, 0) is 6.54 Å². The molecule has 0 atom stereocenters. The van der Waals surface area contributed by atoms with Crippen LogP contribution in [0.1, 0.15) is 26.3 Å². The molecule has 112 valence electrons. The quantitative estimate of drug-likeness (QED) is 0.806. The van der Waals surface area contributed by atoms with Gasteiger partial charge in [0.1, 0.15) is 11.5 Å².